The van der Waals surface area contributed by atoms with Gasteiger partial charge in [0.05, 0.1) is 5.92 Å². The van der Waals surface area contributed by atoms with Crippen molar-refractivity contribution in [1.82, 2.24) is 0 Å². The van der Waals surface area contributed by atoms with E-state index in [-0.39, 0.29) is 12.3 Å². The molecule has 1 radical (unpaired) electrons. The third-order valence-corrected chi connectivity index (χ3v) is 2.80. The van der Waals surface area contributed by atoms with Crippen molar-refractivity contribution < 1.29 is 8.78 Å². The van der Waals surface area contributed by atoms with Crippen LogP contribution < -0.4 is 0 Å². The molecule has 0 aromatic heterocycles. The van der Waals surface area contributed by atoms with Gasteiger partial charge < -0.3 is 0 Å². The molecule has 14 heavy (non-hydrogen) atoms. The maximum absolute atomic E-state index is 13.3. The summed E-state index contributed by atoms with van der Waals surface area (Å²) in [6, 6.07) is 6.63. The van der Waals surface area contributed by atoms with Gasteiger partial charge in [0, 0.05) is 11.4 Å². The van der Waals surface area contributed by atoms with E-state index in [4.69, 9.17) is 11.6 Å². The van der Waals surface area contributed by atoms with Gasteiger partial charge in [0.1, 0.15) is 0 Å². The average molecular weight is 216 g/mol. The minimum atomic E-state index is -2.62. The number of benzene rings is 1. The van der Waals surface area contributed by atoms with Crippen LogP contribution in [0.5, 0.6) is 0 Å². The fraction of sp³-hybridized carbons (Fsp3) is 0.364. The molecule has 0 heterocycles. The van der Waals surface area contributed by atoms with Gasteiger partial charge in [-0.05, 0) is 30.5 Å². The van der Waals surface area contributed by atoms with Crippen molar-refractivity contribution in [1.29, 1.82) is 0 Å². The van der Waals surface area contributed by atoms with Crippen molar-refractivity contribution in [2.75, 3.05) is 0 Å². The van der Waals surface area contributed by atoms with E-state index in [1.807, 2.05) is 0 Å². The molecule has 0 nitrogen and oxygen atoms in total. The molecule has 0 atom stereocenters. The van der Waals surface area contributed by atoms with Gasteiger partial charge in [0.15, 0.2) is 0 Å². The highest BCUT2D eigenvalue weighted by molar-refractivity contribution is 6.30. The summed E-state index contributed by atoms with van der Waals surface area (Å²) in [5.74, 6) is -2.36. The topological polar surface area (TPSA) is 0 Å². The summed E-state index contributed by atoms with van der Waals surface area (Å²) < 4.78 is 26.7. The largest absolute Gasteiger partial charge is 0.258 e. The fourth-order valence-electron chi connectivity index (χ4n) is 1.83. The molecule has 0 aliphatic heterocycles. The van der Waals surface area contributed by atoms with Crippen molar-refractivity contribution >= 4 is 11.6 Å². The zero-order chi connectivity index (χ0) is 10.2. The highest BCUT2D eigenvalue weighted by Gasteiger charge is 2.45. The Hall–Kier alpha value is -0.630. The monoisotopic (exact) mass is 215 g/mol. The molecule has 0 amide bonds. The minimum Gasteiger partial charge on any atom is -0.206 e. The molecule has 75 valence electrons. The van der Waals surface area contributed by atoms with Gasteiger partial charge in [-0.2, -0.15) is 0 Å². The highest BCUT2D eigenvalue weighted by Crippen LogP contribution is 2.45. The van der Waals surface area contributed by atoms with Crippen molar-refractivity contribution in [3.05, 3.63) is 40.8 Å². The summed E-state index contributed by atoms with van der Waals surface area (Å²) in [5.41, 5.74) is 0.622. The molecule has 0 unspecified atom stereocenters. The van der Waals surface area contributed by atoms with E-state index in [1.54, 1.807) is 24.3 Å². The maximum atomic E-state index is 13.3. The molecule has 1 aromatic carbocycles. The summed E-state index contributed by atoms with van der Waals surface area (Å²) in [4.78, 5) is 0. The second kappa shape index (κ2) is 3.50. The second-order valence-electron chi connectivity index (χ2n) is 3.54. The molecule has 1 fully saturated rings. The molecule has 1 saturated carbocycles. The normalized spacial score (nSPS) is 21.4. The maximum Gasteiger partial charge on any atom is 0.258 e. The lowest BCUT2D eigenvalue weighted by molar-refractivity contribution is 0.0320. The molecular weight excluding hydrogens is 206 g/mol. The first-order valence-corrected chi connectivity index (χ1v) is 4.97. The van der Waals surface area contributed by atoms with Gasteiger partial charge in [0.25, 0.3) is 5.92 Å². The van der Waals surface area contributed by atoms with E-state index < -0.39 is 5.92 Å². The zero-order valence-electron chi connectivity index (χ0n) is 7.56. The molecule has 0 spiro atoms. The fourth-order valence-corrected chi connectivity index (χ4v) is 1.95. The Balaban J connectivity index is 2.27. The van der Waals surface area contributed by atoms with Crippen molar-refractivity contribution in [2.45, 2.75) is 25.2 Å². The first-order chi connectivity index (χ1) is 6.59. The highest BCUT2D eigenvalue weighted by atomic mass is 35.5. The Morgan fingerprint density at radius 2 is 1.79 bits per heavy atom. The Morgan fingerprint density at radius 1 is 1.14 bits per heavy atom. The second-order valence-corrected chi connectivity index (χ2v) is 3.98. The van der Waals surface area contributed by atoms with Gasteiger partial charge in [0.2, 0.25) is 0 Å². The number of hydrogen-bond acceptors (Lipinski definition) is 0. The molecule has 1 aromatic rings. The molecule has 2 rings (SSSR count). The van der Waals surface area contributed by atoms with Crippen LogP contribution in [0, 0.1) is 5.92 Å². The average Bonchev–Trinajstić information content (AvgIpc) is 2.47. The van der Waals surface area contributed by atoms with E-state index in [0.29, 0.717) is 23.4 Å². The van der Waals surface area contributed by atoms with E-state index in [9.17, 15) is 8.78 Å². The Bertz CT molecular complexity index is 319. The summed E-state index contributed by atoms with van der Waals surface area (Å²) >= 11 is 5.69. The predicted octanol–water partition coefficient (Wildman–Crippen LogP) is 4.08. The molecule has 1 aliphatic rings. The molecule has 0 bridgehead atoms. The lowest BCUT2D eigenvalue weighted by atomic mass is 9.95. The van der Waals surface area contributed by atoms with Crippen LogP contribution in [-0.4, -0.2) is 5.92 Å². The van der Waals surface area contributed by atoms with Gasteiger partial charge >= 0.3 is 0 Å². The number of halogens is 3. The summed E-state index contributed by atoms with van der Waals surface area (Å²) in [6.07, 6.45) is 1.05. The zero-order valence-corrected chi connectivity index (χ0v) is 8.32. The van der Waals surface area contributed by atoms with E-state index in [2.05, 4.69) is 0 Å². The van der Waals surface area contributed by atoms with Gasteiger partial charge in [-0.15, -0.1) is 0 Å². The molecule has 0 N–H and O–H groups in total. The van der Waals surface area contributed by atoms with Gasteiger partial charge in [-0.25, -0.2) is 8.78 Å². The van der Waals surface area contributed by atoms with E-state index in [1.165, 1.54) is 0 Å². The SMILES string of the molecule is FC1(F)CCC[C]1c1ccc(Cl)cc1. The minimum absolute atomic E-state index is 0.0229. The smallest absolute Gasteiger partial charge is 0.206 e. The molecular formula is C11H10ClF2. The first kappa shape index (κ1) is 9.91. The number of rotatable bonds is 1. The predicted molar refractivity (Wildman–Crippen MR) is 52.6 cm³/mol. The van der Waals surface area contributed by atoms with Crippen LogP contribution in [0.15, 0.2) is 24.3 Å². The van der Waals surface area contributed by atoms with Crippen LogP contribution in [0.25, 0.3) is 0 Å². The van der Waals surface area contributed by atoms with Crippen LogP contribution in [-0.2, 0) is 0 Å². The van der Waals surface area contributed by atoms with Gasteiger partial charge in [-0.3, -0.25) is 0 Å². The van der Waals surface area contributed by atoms with Gasteiger partial charge in [-0.1, -0.05) is 23.7 Å². The Kier molecular flexibility index (Phi) is 2.48. The van der Waals surface area contributed by atoms with E-state index >= 15 is 0 Å². The molecule has 0 saturated heterocycles. The summed E-state index contributed by atoms with van der Waals surface area (Å²) in [6.45, 7) is 0. The Morgan fingerprint density at radius 3 is 2.29 bits per heavy atom. The first-order valence-electron chi connectivity index (χ1n) is 4.60. The lowest BCUT2D eigenvalue weighted by Crippen LogP contribution is -2.20. The quantitative estimate of drug-likeness (QED) is 0.662. The van der Waals surface area contributed by atoms with Crippen molar-refractivity contribution in [2.24, 2.45) is 0 Å². The standard InChI is InChI=1S/C11H10ClF2/c12-9-5-3-8(4-6-9)10-2-1-7-11(10,13)14/h3-6H,1-2,7H2. The third kappa shape index (κ3) is 1.76. The van der Waals surface area contributed by atoms with Crippen LogP contribution in [0.2, 0.25) is 5.02 Å². The number of hydrogen-bond donors (Lipinski definition) is 0. The summed E-state index contributed by atoms with van der Waals surface area (Å²) in [5, 5.41) is 0.579. The van der Waals surface area contributed by atoms with Crippen molar-refractivity contribution in [3.8, 4) is 0 Å². The summed E-state index contributed by atoms with van der Waals surface area (Å²) in [7, 11) is 0. The van der Waals surface area contributed by atoms with Crippen LogP contribution in [0.3, 0.4) is 0 Å². The van der Waals surface area contributed by atoms with Crippen LogP contribution in [0.4, 0.5) is 8.78 Å². The lowest BCUT2D eigenvalue weighted by Gasteiger charge is -2.18. The van der Waals surface area contributed by atoms with E-state index in [0.717, 1.165) is 0 Å². The molecule has 3 heteroatoms. The van der Waals surface area contributed by atoms with Crippen molar-refractivity contribution in [3.63, 3.8) is 0 Å². The molecule has 1 aliphatic carbocycles. The van der Waals surface area contributed by atoms with Crippen LogP contribution >= 0.6 is 11.6 Å². The third-order valence-electron chi connectivity index (χ3n) is 2.55. The van der Waals surface area contributed by atoms with Crippen LogP contribution in [0.1, 0.15) is 24.8 Å². The Labute approximate surface area is 86.9 Å². The number of alkyl halides is 2.